The maximum absolute atomic E-state index is 12.2. The van der Waals surface area contributed by atoms with Crippen LogP contribution in [0, 0.1) is 5.92 Å². The molecule has 0 radical (unpaired) electrons. The van der Waals surface area contributed by atoms with Gasteiger partial charge in [0.2, 0.25) is 0 Å². The normalized spacial score (nSPS) is 21.9. The van der Waals surface area contributed by atoms with Gasteiger partial charge >= 0.3 is 0 Å². The minimum absolute atomic E-state index is 0.0674. The fourth-order valence-corrected chi connectivity index (χ4v) is 2.91. The molecule has 2 rings (SSSR count). The van der Waals surface area contributed by atoms with Gasteiger partial charge in [0, 0.05) is 23.3 Å². The maximum atomic E-state index is 12.2. The molecule has 0 spiro atoms. The highest BCUT2D eigenvalue weighted by molar-refractivity contribution is 9.10. The highest BCUT2D eigenvalue weighted by Gasteiger charge is 2.37. The minimum atomic E-state index is 0.0674. The molecule has 1 N–H and O–H groups in total. The van der Waals surface area contributed by atoms with Crippen LogP contribution in [-0.4, -0.2) is 16.5 Å². The fraction of sp³-hybridized carbons (Fsp3) is 0.643. The van der Waals surface area contributed by atoms with Crippen molar-refractivity contribution in [2.75, 3.05) is 0 Å². The van der Waals surface area contributed by atoms with Crippen LogP contribution < -0.4 is 5.32 Å². The van der Waals surface area contributed by atoms with Gasteiger partial charge in [-0.25, -0.2) is 0 Å². The number of nitrogens with one attached hydrogen (secondary N) is 1. The molecule has 4 heteroatoms. The molecule has 18 heavy (non-hydrogen) atoms. The zero-order valence-corrected chi connectivity index (χ0v) is 12.7. The van der Waals surface area contributed by atoms with Gasteiger partial charge in [0.15, 0.2) is 0 Å². The number of halogens is 1. The van der Waals surface area contributed by atoms with Crippen LogP contribution in [0.1, 0.15) is 50.0 Å². The summed E-state index contributed by atoms with van der Waals surface area (Å²) in [6.07, 6.45) is 6.59. The Bertz CT molecular complexity index is 427. The SMILES string of the molecule is CCCC1CC1NC(=O)c1cc(Br)cn1CCC. The van der Waals surface area contributed by atoms with Crippen molar-refractivity contribution in [2.24, 2.45) is 5.92 Å². The number of carbonyl (C=O) groups excluding carboxylic acids is 1. The zero-order chi connectivity index (χ0) is 13.1. The predicted octanol–water partition coefficient (Wildman–Crippen LogP) is 3.58. The fourth-order valence-electron chi connectivity index (χ4n) is 2.45. The largest absolute Gasteiger partial charge is 0.348 e. The summed E-state index contributed by atoms with van der Waals surface area (Å²) in [6.45, 7) is 5.20. The van der Waals surface area contributed by atoms with Gasteiger partial charge in [0.1, 0.15) is 5.69 Å². The first-order valence-corrected chi connectivity index (χ1v) is 7.61. The third-order valence-electron chi connectivity index (χ3n) is 3.46. The van der Waals surface area contributed by atoms with Gasteiger partial charge in [0.05, 0.1) is 0 Å². The number of hydrogen-bond acceptors (Lipinski definition) is 1. The summed E-state index contributed by atoms with van der Waals surface area (Å²) in [4.78, 5) is 12.2. The molecule has 1 saturated carbocycles. The zero-order valence-electron chi connectivity index (χ0n) is 11.1. The average Bonchev–Trinajstić information content (AvgIpc) is 2.92. The number of amides is 1. The van der Waals surface area contributed by atoms with E-state index in [1.165, 1.54) is 12.8 Å². The Labute approximate surface area is 117 Å². The predicted molar refractivity (Wildman–Crippen MR) is 76.7 cm³/mol. The molecule has 1 fully saturated rings. The number of aryl methyl sites for hydroxylation is 1. The number of rotatable bonds is 6. The molecule has 0 saturated heterocycles. The van der Waals surface area contributed by atoms with Crippen molar-refractivity contribution in [1.82, 2.24) is 9.88 Å². The topological polar surface area (TPSA) is 34.0 Å². The Morgan fingerprint density at radius 3 is 2.94 bits per heavy atom. The molecule has 1 aliphatic rings. The van der Waals surface area contributed by atoms with E-state index in [1.807, 2.05) is 16.8 Å². The standard InChI is InChI=1S/C14H21BrN2O/c1-3-5-10-7-12(10)16-14(18)13-8-11(15)9-17(13)6-4-2/h8-10,12H,3-7H2,1-2H3,(H,16,18). The van der Waals surface area contributed by atoms with Crippen molar-refractivity contribution in [3.8, 4) is 0 Å². The smallest absolute Gasteiger partial charge is 0.268 e. The highest BCUT2D eigenvalue weighted by atomic mass is 79.9. The summed E-state index contributed by atoms with van der Waals surface area (Å²) >= 11 is 3.44. The number of hydrogen-bond donors (Lipinski definition) is 1. The lowest BCUT2D eigenvalue weighted by Gasteiger charge is -2.08. The third-order valence-corrected chi connectivity index (χ3v) is 3.89. The van der Waals surface area contributed by atoms with Crippen molar-refractivity contribution in [3.05, 3.63) is 22.4 Å². The summed E-state index contributed by atoms with van der Waals surface area (Å²) in [5.41, 5.74) is 0.769. The Morgan fingerprint density at radius 2 is 2.28 bits per heavy atom. The number of aromatic nitrogens is 1. The molecule has 3 nitrogen and oxygen atoms in total. The second-order valence-corrected chi connectivity index (χ2v) is 6.02. The average molecular weight is 313 g/mol. The van der Waals surface area contributed by atoms with Crippen LogP contribution in [0.25, 0.3) is 0 Å². The molecule has 2 atom stereocenters. The molecular formula is C14H21BrN2O. The first-order valence-electron chi connectivity index (χ1n) is 6.82. The van der Waals surface area contributed by atoms with E-state index in [-0.39, 0.29) is 5.91 Å². The first kappa shape index (κ1) is 13.7. The molecule has 1 heterocycles. The molecule has 1 aromatic rings. The van der Waals surface area contributed by atoms with E-state index in [9.17, 15) is 4.79 Å². The molecule has 0 aliphatic heterocycles. The summed E-state index contributed by atoms with van der Waals surface area (Å²) in [7, 11) is 0. The summed E-state index contributed by atoms with van der Waals surface area (Å²) in [6, 6.07) is 2.31. The Balaban J connectivity index is 1.96. The van der Waals surface area contributed by atoms with E-state index in [0.29, 0.717) is 12.0 Å². The molecule has 1 amide bonds. The van der Waals surface area contributed by atoms with Crippen LogP contribution in [0.15, 0.2) is 16.7 Å². The summed E-state index contributed by atoms with van der Waals surface area (Å²) < 4.78 is 3.00. The van der Waals surface area contributed by atoms with Gasteiger partial charge in [-0.2, -0.15) is 0 Å². The van der Waals surface area contributed by atoms with E-state index < -0.39 is 0 Å². The summed E-state index contributed by atoms with van der Waals surface area (Å²) in [5.74, 6) is 0.773. The lowest BCUT2D eigenvalue weighted by molar-refractivity contribution is 0.0939. The van der Waals surface area contributed by atoms with Crippen LogP contribution in [0.4, 0.5) is 0 Å². The van der Waals surface area contributed by atoms with E-state index in [1.54, 1.807) is 0 Å². The Morgan fingerprint density at radius 1 is 1.50 bits per heavy atom. The molecular weight excluding hydrogens is 292 g/mol. The quantitative estimate of drug-likeness (QED) is 0.856. The van der Waals surface area contributed by atoms with Gasteiger partial charge < -0.3 is 9.88 Å². The third kappa shape index (κ3) is 3.16. The molecule has 0 aromatic carbocycles. The lowest BCUT2D eigenvalue weighted by atomic mass is 10.2. The van der Waals surface area contributed by atoms with Crippen LogP contribution in [0.3, 0.4) is 0 Å². The minimum Gasteiger partial charge on any atom is -0.348 e. The molecule has 100 valence electrons. The lowest BCUT2D eigenvalue weighted by Crippen LogP contribution is -2.28. The van der Waals surface area contributed by atoms with Gasteiger partial charge in [-0.15, -0.1) is 0 Å². The maximum Gasteiger partial charge on any atom is 0.268 e. The van der Waals surface area contributed by atoms with Crippen LogP contribution in [-0.2, 0) is 6.54 Å². The molecule has 1 aliphatic carbocycles. The molecule has 1 aromatic heterocycles. The first-order chi connectivity index (χ1) is 8.65. The number of nitrogens with zero attached hydrogens (tertiary/aromatic N) is 1. The highest BCUT2D eigenvalue weighted by Crippen LogP contribution is 2.34. The van der Waals surface area contributed by atoms with Crippen LogP contribution in [0.5, 0.6) is 0 Å². The van der Waals surface area contributed by atoms with E-state index in [2.05, 4.69) is 35.1 Å². The van der Waals surface area contributed by atoms with E-state index >= 15 is 0 Å². The Hall–Kier alpha value is -0.770. The van der Waals surface area contributed by atoms with E-state index in [0.717, 1.165) is 29.6 Å². The molecule has 0 bridgehead atoms. The summed E-state index contributed by atoms with van der Waals surface area (Å²) in [5, 5.41) is 3.14. The van der Waals surface area contributed by atoms with Gasteiger partial charge in [-0.05, 0) is 47.2 Å². The van der Waals surface area contributed by atoms with E-state index in [4.69, 9.17) is 0 Å². The number of carbonyl (C=O) groups is 1. The van der Waals surface area contributed by atoms with Crippen molar-refractivity contribution in [1.29, 1.82) is 0 Å². The second-order valence-electron chi connectivity index (χ2n) is 5.10. The van der Waals surface area contributed by atoms with Gasteiger partial charge in [-0.1, -0.05) is 20.3 Å². The van der Waals surface area contributed by atoms with Crippen molar-refractivity contribution >= 4 is 21.8 Å². The van der Waals surface area contributed by atoms with Crippen molar-refractivity contribution < 1.29 is 4.79 Å². The Kier molecular flexibility index (Phi) is 4.49. The van der Waals surface area contributed by atoms with Crippen LogP contribution in [0.2, 0.25) is 0 Å². The second kappa shape index (κ2) is 5.91. The van der Waals surface area contributed by atoms with Crippen molar-refractivity contribution in [2.45, 2.75) is 52.1 Å². The van der Waals surface area contributed by atoms with Gasteiger partial charge in [0.25, 0.3) is 5.91 Å². The van der Waals surface area contributed by atoms with Crippen molar-refractivity contribution in [3.63, 3.8) is 0 Å². The van der Waals surface area contributed by atoms with Crippen LogP contribution >= 0.6 is 15.9 Å². The van der Waals surface area contributed by atoms with Gasteiger partial charge in [-0.3, -0.25) is 4.79 Å². The molecule has 2 unspecified atom stereocenters. The monoisotopic (exact) mass is 312 g/mol.